The minimum atomic E-state index is -0.384. The van der Waals surface area contributed by atoms with Crippen LogP contribution in [0.1, 0.15) is 18.4 Å². The maximum atomic E-state index is 10.9. The van der Waals surface area contributed by atoms with Gasteiger partial charge < -0.3 is 11.1 Å². The Kier molecular flexibility index (Phi) is 3.19. The second-order valence-corrected chi connectivity index (χ2v) is 3.08. The summed E-state index contributed by atoms with van der Waals surface area (Å²) in [4.78, 5) is 21.7. The van der Waals surface area contributed by atoms with Crippen molar-refractivity contribution >= 4 is 5.69 Å². The van der Waals surface area contributed by atoms with Crippen molar-refractivity contribution in [3.63, 3.8) is 0 Å². The van der Waals surface area contributed by atoms with Crippen molar-refractivity contribution in [3.8, 4) is 0 Å². The highest BCUT2D eigenvalue weighted by atomic mass is 16.2. The Morgan fingerprint density at radius 1 is 1.23 bits per heavy atom. The molecule has 0 radical (unpaired) electrons. The molecule has 0 fully saturated rings. The molecular weight excluding hydrogens is 168 g/mol. The molecule has 0 unspecified atom stereocenters. The van der Waals surface area contributed by atoms with E-state index in [1.807, 2.05) is 0 Å². The van der Waals surface area contributed by atoms with E-state index < -0.39 is 0 Å². The van der Waals surface area contributed by atoms with Gasteiger partial charge in [0.25, 0.3) is 0 Å². The van der Waals surface area contributed by atoms with Gasteiger partial charge in [-0.3, -0.25) is 9.59 Å². The summed E-state index contributed by atoms with van der Waals surface area (Å²) in [5.74, 6) is 0. The first kappa shape index (κ1) is 9.92. The molecule has 0 amide bonds. The van der Waals surface area contributed by atoms with Crippen LogP contribution in [0.5, 0.6) is 0 Å². The van der Waals surface area contributed by atoms with Crippen LogP contribution in [0.15, 0.2) is 9.59 Å². The molecule has 0 saturated carbocycles. The van der Waals surface area contributed by atoms with Gasteiger partial charge in [-0.05, 0) is 26.3 Å². The van der Waals surface area contributed by atoms with E-state index in [2.05, 4.69) is 5.32 Å². The van der Waals surface area contributed by atoms with Gasteiger partial charge >= 0.3 is 0 Å². The Balaban J connectivity index is 2.39. The molecule has 0 bridgehead atoms. The van der Waals surface area contributed by atoms with Gasteiger partial charge in [0, 0.05) is 12.1 Å². The quantitative estimate of drug-likeness (QED) is 0.486. The fraction of sp³-hybridized carbons (Fsp3) is 0.556. The minimum Gasteiger partial charge on any atom is -0.381 e. The lowest BCUT2D eigenvalue weighted by Gasteiger charge is -2.09. The molecule has 3 N–H and O–H groups in total. The highest BCUT2D eigenvalue weighted by Gasteiger charge is 2.15. The number of hydrogen-bond acceptors (Lipinski definition) is 4. The van der Waals surface area contributed by atoms with E-state index in [9.17, 15) is 9.59 Å². The summed E-state index contributed by atoms with van der Waals surface area (Å²) < 4.78 is 0. The van der Waals surface area contributed by atoms with Crippen LogP contribution in [0, 0.1) is 6.92 Å². The SMILES string of the molecule is Cc1c(NCCCCN)c(=O)c1=O. The van der Waals surface area contributed by atoms with Gasteiger partial charge in [-0.2, -0.15) is 0 Å². The van der Waals surface area contributed by atoms with E-state index in [0.717, 1.165) is 12.8 Å². The monoisotopic (exact) mass is 182 g/mol. The molecule has 0 aliphatic carbocycles. The summed E-state index contributed by atoms with van der Waals surface area (Å²) in [6.07, 6.45) is 1.86. The first-order valence-corrected chi connectivity index (χ1v) is 4.42. The number of rotatable bonds is 5. The van der Waals surface area contributed by atoms with Crippen LogP contribution in [-0.2, 0) is 0 Å². The van der Waals surface area contributed by atoms with Gasteiger partial charge in [0.2, 0.25) is 10.9 Å². The lowest BCUT2D eigenvalue weighted by molar-refractivity contribution is 0.772. The van der Waals surface area contributed by atoms with Crippen LogP contribution in [0.3, 0.4) is 0 Å². The zero-order valence-electron chi connectivity index (χ0n) is 7.72. The van der Waals surface area contributed by atoms with Crippen molar-refractivity contribution in [2.75, 3.05) is 18.4 Å². The average molecular weight is 182 g/mol. The maximum absolute atomic E-state index is 10.9. The van der Waals surface area contributed by atoms with Crippen molar-refractivity contribution < 1.29 is 0 Å². The summed E-state index contributed by atoms with van der Waals surface area (Å²) in [6, 6.07) is 0. The Labute approximate surface area is 76.4 Å². The smallest absolute Gasteiger partial charge is 0.249 e. The molecule has 1 aromatic rings. The van der Waals surface area contributed by atoms with Crippen molar-refractivity contribution in [3.05, 3.63) is 26.0 Å². The van der Waals surface area contributed by atoms with Gasteiger partial charge in [-0.15, -0.1) is 0 Å². The highest BCUT2D eigenvalue weighted by Crippen LogP contribution is 2.04. The molecule has 0 saturated heterocycles. The van der Waals surface area contributed by atoms with Crippen LogP contribution in [-0.4, -0.2) is 13.1 Å². The standard InChI is InChI=1S/C9H14N2O2/c1-6-7(9(13)8(6)12)11-5-3-2-4-10/h11H,2-5,10H2,1H3. The molecule has 72 valence electrons. The molecule has 0 heterocycles. The van der Waals surface area contributed by atoms with Gasteiger partial charge in [0.1, 0.15) is 0 Å². The number of nitrogens with one attached hydrogen (secondary N) is 1. The zero-order chi connectivity index (χ0) is 9.84. The predicted molar refractivity (Wildman–Crippen MR) is 52.9 cm³/mol. The van der Waals surface area contributed by atoms with E-state index in [0.29, 0.717) is 24.3 Å². The molecule has 1 aromatic carbocycles. The van der Waals surface area contributed by atoms with E-state index in [4.69, 9.17) is 5.73 Å². The van der Waals surface area contributed by atoms with Crippen molar-refractivity contribution in [1.82, 2.24) is 0 Å². The third-order valence-electron chi connectivity index (χ3n) is 2.08. The van der Waals surface area contributed by atoms with Gasteiger partial charge in [0.05, 0.1) is 5.69 Å². The average Bonchev–Trinajstić information content (AvgIpc) is 2.16. The molecule has 0 atom stereocenters. The van der Waals surface area contributed by atoms with Crippen LogP contribution < -0.4 is 21.9 Å². The largest absolute Gasteiger partial charge is 0.381 e. The Bertz CT molecular complexity index is 350. The first-order chi connectivity index (χ1) is 6.18. The summed E-state index contributed by atoms with van der Waals surface area (Å²) in [5, 5.41) is 2.94. The number of unbranched alkanes of at least 4 members (excludes halogenated alkanes) is 1. The fourth-order valence-corrected chi connectivity index (χ4v) is 1.20. The summed E-state index contributed by atoms with van der Waals surface area (Å²) >= 11 is 0. The third-order valence-corrected chi connectivity index (χ3v) is 2.08. The zero-order valence-corrected chi connectivity index (χ0v) is 7.72. The Morgan fingerprint density at radius 3 is 2.46 bits per heavy atom. The first-order valence-electron chi connectivity index (χ1n) is 4.42. The van der Waals surface area contributed by atoms with Gasteiger partial charge in [0.15, 0.2) is 0 Å². The summed E-state index contributed by atoms with van der Waals surface area (Å²) in [6.45, 7) is 3.03. The maximum Gasteiger partial charge on any atom is 0.249 e. The Hall–Kier alpha value is -1.16. The van der Waals surface area contributed by atoms with E-state index >= 15 is 0 Å². The number of nitrogens with two attached hydrogens (primary N) is 1. The molecular formula is C9H14N2O2. The van der Waals surface area contributed by atoms with Gasteiger partial charge in [-0.1, -0.05) is 0 Å². The summed E-state index contributed by atoms with van der Waals surface area (Å²) in [5.41, 5.74) is 5.61. The van der Waals surface area contributed by atoms with Crippen molar-refractivity contribution in [2.24, 2.45) is 5.73 Å². The lowest BCUT2D eigenvalue weighted by atomic mass is 10.1. The number of hydrogen-bond donors (Lipinski definition) is 2. The van der Waals surface area contributed by atoms with E-state index in [-0.39, 0.29) is 10.9 Å². The van der Waals surface area contributed by atoms with Crippen molar-refractivity contribution in [1.29, 1.82) is 0 Å². The van der Waals surface area contributed by atoms with Crippen LogP contribution in [0.25, 0.3) is 0 Å². The molecule has 4 nitrogen and oxygen atoms in total. The molecule has 1 rings (SSSR count). The molecule has 0 spiro atoms. The molecule has 0 aliphatic heterocycles. The number of anilines is 1. The highest BCUT2D eigenvalue weighted by molar-refractivity contribution is 5.55. The summed E-state index contributed by atoms with van der Waals surface area (Å²) in [7, 11) is 0. The molecule has 0 aromatic heterocycles. The lowest BCUT2D eigenvalue weighted by Crippen LogP contribution is -2.37. The molecule has 13 heavy (non-hydrogen) atoms. The van der Waals surface area contributed by atoms with Crippen molar-refractivity contribution in [2.45, 2.75) is 19.8 Å². The fourth-order valence-electron chi connectivity index (χ4n) is 1.20. The van der Waals surface area contributed by atoms with Crippen LogP contribution in [0.2, 0.25) is 0 Å². The normalized spacial score (nSPS) is 10.6. The van der Waals surface area contributed by atoms with Crippen LogP contribution >= 0.6 is 0 Å². The van der Waals surface area contributed by atoms with E-state index in [1.165, 1.54) is 0 Å². The molecule has 0 aliphatic rings. The minimum absolute atomic E-state index is 0.360. The Morgan fingerprint density at radius 2 is 1.92 bits per heavy atom. The third kappa shape index (κ3) is 1.95. The van der Waals surface area contributed by atoms with Gasteiger partial charge in [-0.25, -0.2) is 0 Å². The molecule has 4 heteroatoms. The van der Waals surface area contributed by atoms with E-state index in [1.54, 1.807) is 6.92 Å². The topological polar surface area (TPSA) is 72.2 Å². The van der Waals surface area contributed by atoms with Crippen LogP contribution in [0.4, 0.5) is 5.69 Å². The second kappa shape index (κ2) is 4.18. The second-order valence-electron chi connectivity index (χ2n) is 3.08. The predicted octanol–water partition coefficient (Wildman–Crippen LogP) is -0.258.